The van der Waals surface area contributed by atoms with E-state index in [4.69, 9.17) is 0 Å². The lowest BCUT2D eigenvalue weighted by molar-refractivity contribution is -0.116. The van der Waals surface area contributed by atoms with Crippen LogP contribution >= 0.6 is 0 Å². The second kappa shape index (κ2) is 7.82. The average Bonchev–Trinajstić information content (AvgIpc) is 2.96. The number of H-pyrrole nitrogens is 1. The number of aromatic amines is 1. The van der Waals surface area contributed by atoms with E-state index in [9.17, 15) is 18.0 Å². The molecule has 2 N–H and O–H groups in total. The predicted molar refractivity (Wildman–Crippen MR) is 111 cm³/mol. The van der Waals surface area contributed by atoms with Gasteiger partial charge in [-0.05, 0) is 30.5 Å². The Labute approximate surface area is 170 Å². The summed E-state index contributed by atoms with van der Waals surface area (Å²) < 4.78 is 25.3. The molecule has 0 bridgehead atoms. The zero-order valence-corrected chi connectivity index (χ0v) is 17.4. The normalized spacial score (nSPS) is 21.1. The van der Waals surface area contributed by atoms with E-state index < -0.39 is 9.84 Å². The molecule has 1 aliphatic heterocycles. The first-order valence-corrected chi connectivity index (χ1v) is 12.2. The van der Waals surface area contributed by atoms with Crippen LogP contribution in [0.1, 0.15) is 74.5 Å². The van der Waals surface area contributed by atoms with E-state index >= 15 is 0 Å². The lowest BCUT2D eigenvalue weighted by Crippen LogP contribution is -2.27. The SMILES string of the molecule is CS(=O)(=O)c1ccc(C2CC(=O)Nc3c2c(=O)[nH]n3C2CCCCCCC2)cc1. The van der Waals surface area contributed by atoms with Crippen molar-refractivity contribution in [2.45, 2.75) is 68.2 Å². The summed E-state index contributed by atoms with van der Waals surface area (Å²) in [5.41, 5.74) is 1.16. The van der Waals surface area contributed by atoms with Crippen molar-refractivity contribution in [1.29, 1.82) is 0 Å². The number of rotatable bonds is 3. The maximum absolute atomic E-state index is 12.9. The molecular formula is C21H27N3O4S. The van der Waals surface area contributed by atoms with Crippen LogP contribution in [0.25, 0.3) is 0 Å². The fourth-order valence-corrected chi connectivity index (χ4v) is 5.21. The fourth-order valence-electron chi connectivity index (χ4n) is 4.58. The number of sulfone groups is 1. The van der Waals surface area contributed by atoms with Gasteiger partial charge in [0, 0.05) is 18.6 Å². The first kappa shape index (κ1) is 19.9. The highest BCUT2D eigenvalue weighted by molar-refractivity contribution is 7.90. The molecule has 1 fully saturated rings. The van der Waals surface area contributed by atoms with Gasteiger partial charge in [0.15, 0.2) is 9.84 Å². The molecule has 1 aromatic carbocycles. The molecule has 1 aliphatic carbocycles. The minimum Gasteiger partial charge on any atom is -0.311 e. The van der Waals surface area contributed by atoms with Crippen LogP contribution in [0.2, 0.25) is 0 Å². The lowest BCUT2D eigenvalue weighted by atomic mass is 9.87. The number of nitrogens with zero attached hydrogens (tertiary/aromatic N) is 1. The quantitative estimate of drug-likeness (QED) is 0.800. The first-order chi connectivity index (χ1) is 13.8. The molecule has 7 nitrogen and oxygen atoms in total. The van der Waals surface area contributed by atoms with Crippen LogP contribution in [0.4, 0.5) is 5.82 Å². The Morgan fingerprint density at radius 3 is 2.21 bits per heavy atom. The van der Waals surface area contributed by atoms with Gasteiger partial charge >= 0.3 is 0 Å². The molecule has 2 aromatic rings. The third kappa shape index (κ3) is 4.03. The maximum Gasteiger partial charge on any atom is 0.270 e. The number of benzene rings is 1. The van der Waals surface area contributed by atoms with Crippen molar-refractivity contribution in [2.24, 2.45) is 0 Å². The molecule has 29 heavy (non-hydrogen) atoms. The van der Waals surface area contributed by atoms with Gasteiger partial charge in [0.05, 0.1) is 16.5 Å². The van der Waals surface area contributed by atoms with Gasteiger partial charge < -0.3 is 5.32 Å². The largest absolute Gasteiger partial charge is 0.311 e. The van der Waals surface area contributed by atoms with E-state index in [1.165, 1.54) is 31.4 Å². The van der Waals surface area contributed by atoms with Crippen LogP contribution in [0.15, 0.2) is 34.0 Å². The van der Waals surface area contributed by atoms with E-state index in [2.05, 4.69) is 10.4 Å². The molecule has 4 rings (SSSR count). The van der Waals surface area contributed by atoms with E-state index in [1.54, 1.807) is 12.1 Å². The van der Waals surface area contributed by atoms with E-state index in [0.29, 0.717) is 11.4 Å². The molecular weight excluding hydrogens is 390 g/mol. The number of hydrogen-bond donors (Lipinski definition) is 2. The first-order valence-electron chi connectivity index (χ1n) is 10.3. The fraction of sp³-hybridized carbons (Fsp3) is 0.524. The predicted octanol–water partition coefficient (Wildman–Crippen LogP) is 3.34. The molecule has 0 spiro atoms. The highest BCUT2D eigenvalue weighted by Crippen LogP contribution is 2.38. The molecule has 156 valence electrons. The Morgan fingerprint density at radius 2 is 1.59 bits per heavy atom. The number of nitrogens with one attached hydrogen (secondary N) is 2. The molecule has 1 saturated carbocycles. The Balaban J connectivity index is 1.73. The molecule has 1 unspecified atom stereocenters. The summed E-state index contributed by atoms with van der Waals surface area (Å²) >= 11 is 0. The smallest absolute Gasteiger partial charge is 0.270 e. The molecule has 2 heterocycles. The van der Waals surface area contributed by atoms with Gasteiger partial charge in [0.2, 0.25) is 5.91 Å². The maximum atomic E-state index is 12.9. The van der Waals surface area contributed by atoms with Crippen molar-refractivity contribution < 1.29 is 13.2 Å². The van der Waals surface area contributed by atoms with Crippen LogP contribution in [0, 0.1) is 0 Å². The monoisotopic (exact) mass is 417 g/mol. The van der Waals surface area contributed by atoms with Crippen LogP contribution in [-0.4, -0.2) is 30.4 Å². The van der Waals surface area contributed by atoms with Gasteiger partial charge in [-0.1, -0.05) is 44.2 Å². The van der Waals surface area contributed by atoms with Gasteiger partial charge in [-0.3, -0.25) is 19.4 Å². The summed E-state index contributed by atoms with van der Waals surface area (Å²) in [4.78, 5) is 25.6. The summed E-state index contributed by atoms with van der Waals surface area (Å²) in [6.07, 6.45) is 9.19. The lowest BCUT2D eigenvalue weighted by Gasteiger charge is -2.27. The highest BCUT2D eigenvalue weighted by Gasteiger charge is 2.34. The Hall–Kier alpha value is -2.35. The minimum absolute atomic E-state index is 0.131. The van der Waals surface area contributed by atoms with Crippen LogP contribution < -0.4 is 10.9 Å². The number of anilines is 1. The third-order valence-electron chi connectivity index (χ3n) is 6.11. The number of amides is 1. The van der Waals surface area contributed by atoms with Crippen LogP contribution in [-0.2, 0) is 14.6 Å². The zero-order valence-electron chi connectivity index (χ0n) is 16.6. The number of aromatic nitrogens is 2. The summed E-state index contributed by atoms with van der Waals surface area (Å²) in [6, 6.07) is 6.66. The second-order valence-corrected chi connectivity index (χ2v) is 10.2. The molecule has 0 radical (unpaired) electrons. The molecule has 1 amide bonds. The van der Waals surface area contributed by atoms with Crippen molar-refractivity contribution in [2.75, 3.05) is 11.6 Å². The summed E-state index contributed by atoms with van der Waals surface area (Å²) in [5.74, 6) is 0.0632. The average molecular weight is 418 g/mol. The number of hydrogen-bond acceptors (Lipinski definition) is 4. The standard InChI is InChI=1S/C21H27N3O4S/c1-29(27,28)16-11-9-14(10-12-16)17-13-18(25)22-20-19(17)21(26)23-24(20)15-7-5-3-2-4-6-8-15/h9-12,15,17H,2-8,13H2,1H3,(H,22,25)(H,23,26). The molecule has 0 saturated heterocycles. The summed E-state index contributed by atoms with van der Waals surface area (Å²) in [7, 11) is -3.30. The highest BCUT2D eigenvalue weighted by atomic mass is 32.2. The van der Waals surface area contributed by atoms with Crippen LogP contribution in [0.3, 0.4) is 0 Å². The van der Waals surface area contributed by atoms with E-state index in [0.717, 1.165) is 37.5 Å². The van der Waals surface area contributed by atoms with Crippen molar-refractivity contribution in [3.63, 3.8) is 0 Å². The molecule has 8 heteroatoms. The minimum atomic E-state index is -3.30. The number of carbonyl (C=O) groups excluding carboxylic acids is 1. The molecule has 2 aliphatic rings. The van der Waals surface area contributed by atoms with Gasteiger partial charge in [0.1, 0.15) is 5.82 Å². The van der Waals surface area contributed by atoms with Gasteiger partial charge in [-0.25, -0.2) is 8.42 Å². The van der Waals surface area contributed by atoms with Gasteiger partial charge in [0.25, 0.3) is 5.56 Å². The number of fused-ring (bicyclic) bond motifs is 1. The second-order valence-electron chi connectivity index (χ2n) is 8.22. The number of carbonyl (C=O) groups is 1. The molecule has 1 atom stereocenters. The molecule has 1 aromatic heterocycles. The Kier molecular flexibility index (Phi) is 5.38. The van der Waals surface area contributed by atoms with Gasteiger partial charge in [-0.2, -0.15) is 0 Å². The summed E-state index contributed by atoms with van der Waals surface area (Å²) in [6.45, 7) is 0. The van der Waals surface area contributed by atoms with Crippen molar-refractivity contribution >= 4 is 21.6 Å². The van der Waals surface area contributed by atoms with Crippen molar-refractivity contribution in [3.05, 3.63) is 45.7 Å². The van der Waals surface area contributed by atoms with Crippen LogP contribution in [0.5, 0.6) is 0 Å². The third-order valence-corrected chi connectivity index (χ3v) is 7.24. The Bertz CT molecular complexity index is 1060. The van der Waals surface area contributed by atoms with Crippen molar-refractivity contribution in [3.8, 4) is 0 Å². The zero-order chi connectivity index (χ0) is 20.6. The topological polar surface area (TPSA) is 101 Å². The van der Waals surface area contributed by atoms with Crippen molar-refractivity contribution in [1.82, 2.24) is 9.78 Å². The van der Waals surface area contributed by atoms with E-state index in [1.807, 2.05) is 4.68 Å². The van der Waals surface area contributed by atoms with Gasteiger partial charge in [-0.15, -0.1) is 0 Å². The van der Waals surface area contributed by atoms with E-state index in [-0.39, 0.29) is 34.7 Å². The Morgan fingerprint density at radius 1 is 0.966 bits per heavy atom. The summed E-state index contributed by atoms with van der Waals surface area (Å²) in [5, 5.41) is 5.89.